The Morgan fingerprint density at radius 2 is 1.83 bits per heavy atom. The molecule has 6 nitrogen and oxygen atoms in total. The average Bonchev–Trinajstić information content (AvgIpc) is 3.37. The normalized spacial score (nSPS) is 12.2. The number of aromatic nitrogens is 1. The van der Waals surface area contributed by atoms with E-state index in [0.717, 1.165) is 37.9 Å². The number of amides is 1. The lowest BCUT2D eigenvalue weighted by molar-refractivity contribution is -0.116. The zero-order valence-corrected chi connectivity index (χ0v) is 23.4. The highest BCUT2D eigenvalue weighted by molar-refractivity contribution is 9.11. The van der Waals surface area contributed by atoms with Gasteiger partial charge in [0.25, 0.3) is 0 Å². The maximum absolute atomic E-state index is 12.4. The van der Waals surface area contributed by atoms with Gasteiger partial charge < -0.3 is 20.9 Å². The van der Waals surface area contributed by atoms with Crippen LogP contribution in [0, 0.1) is 0 Å². The summed E-state index contributed by atoms with van der Waals surface area (Å²) in [4.78, 5) is 29.0. The highest BCUT2D eigenvalue weighted by atomic mass is 79.9. The first-order valence-electron chi connectivity index (χ1n) is 11.5. The molecule has 4 N–H and O–H groups in total. The Morgan fingerprint density at radius 3 is 2.61 bits per heavy atom. The molecule has 2 aromatic heterocycles. The van der Waals surface area contributed by atoms with Crippen molar-refractivity contribution >= 4 is 71.9 Å². The van der Waals surface area contributed by atoms with Gasteiger partial charge in [0.05, 0.1) is 5.52 Å². The van der Waals surface area contributed by atoms with Gasteiger partial charge >= 0.3 is 0 Å². The molecular weight excluding hydrogens is 604 g/mol. The Morgan fingerprint density at radius 1 is 1.03 bits per heavy atom. The van der Waals surface area contributed by atoms with Gasteiger partial charge in [0.15, 0.2) is 5.43 Å². The Balaban J connectivity index is 1.32. The summed E-state index contributed by atoms with van der Waals surface area (Å²) in [5, 5.41) is 12.5. The molecule has 2 aromatic carbocycles. The first-order valence-corrected chi connectivity index (χ1v) is 14.0. The Bertz CT molecular complexity index is 1380. The molecule has 0 radical (unpaired) electrons. The van der Waals surface area contributed by atoms with Crippen LogP contribution in [0.1, 0.15) is 22.9 Å². The number of hydrogen-bond donors (Lipinski definition) is 4. The summed E-state index contributed by atoms with van der Waals surface area (Å²) in [6.07, 6.45) is 4.21. The van der Waals surface area contributed by atoms with E-state index in [0.29, 0.717) is 24.3 Å². The lowest BCUT2D eigenvalue weighted by Crippen LogP contribution is -2.35. The minimum atomic E-state index is -0.133. The number of halogens is 2. The van der Waals surface area contributed by atoms with Crippen LogP contribution in [0.4, 0.5) is 5.82 Å². The summed E-state index contributed by atoms with van der Waals surface area (Å²) in [6.45, 7) is 1.86. The van der Waals surface area contributed by atoms with Crippen molar-refractivity contribution < 1.29 is 4.79 Å². The van der Waals surface area contributed by atoms with Crippen LogP contribution in [0.5, 0.6) is 0 Å². The first kappa shape index (κ1) is 26.3. The Hall–Kier alpha value is -2.72. The fourth-order valence-electron chi connectivity index (χ4n) is 3.77. The predicted octanol–water partition coefficient (Wildman–Crippen LogP) is 6.08. The molecule has 1 unspecified atom stereocenters. The SMILES string of the molecule is O=C(/C=C/c1cccs1)NCC(NCCCNc1cc(=O)c2ccccc2[nH]1)c1cc(Br)cc(Br)c1. The lowest BCUT2D eigenvalue weighted by atomic mass is 10.1. The molecule has 0 fully saturated rings. The number of anilines is 1. The maximum atomic E-state index is 12.4. The minimum absolute atomic E-state index is 0.00543. The molecule has 4 aromatic rings. The van der Waals surface area contributed by atoms with Gasteiger partial charge in [-0.2, -0.15) is 0 Å². The number of pyridine rings is 1. The number of carbonyl (C=O) groups is 1. The second-order valence-electron chi connectivity index (χ2n) is 8.18. The monoisotopic (exact) mass is 628 g/mol. The number of benzene rings is 2. The van der Waals surface area contributed by atoms with Gasteiger partial charge in [-0.05, 0) is 66.4 Å². The van der Waals surface area contributed by atoms with Gasteiger partial charge in [-0.15, -0.1) is 11.3 Å². The van der Waals surface area contributed by atoms with Gasteiger partial charge in [0.2, 0.25) is 5.91 Å². The number of aromatic amines is 1. The largest absolute Gasteiger partial charge is 0.371 e. The van der Waals surface area contributed by atoms with E-state index in [1.165, 1.54) is 0 Å². The third-order valence-corrected chi connectivity index (χ3v) is 7.26. The topological polar surface area (TPSA) is 86.0 Å². The molecule has 1 amide bonds. The van der Waals surface area contributed by atoms with E-state index >= 15 is 0 Å². The number of nitrogens with one attached hydrogen (secondary N) is 4. The standard InChI is InChI=1S/C27H26Br2N4O2S/c28-19-13-18(14-20(29)15-19)24(17-32-27(35)9-8-21-5-3-12-36-21)30-10-4-11-31-26-16-25(34)22-6-1-2-7-23(22)33-26/h1-3,5-9,12-16,24,30H,4,10-11,17H2,(H,32,35)(H2,31,33,34)/b9-8+. The summed E-state index contributed by atoms with van der Waals surface area (Å²) in [5.41, 5.74) is 1.87. The first-order chi connectivity index (χ1) is 17.5. The van der Waals surface area contributed by atoms with Crippen LogP contribution < -0.4 is 21.4 Å². The molecule has 4 rings (SSSR count). The number of para-hydroxylation sites is 1. The molecule has 9 heteroatoms. The fourth-order valence-corrected chi connectivity index (χ4v) is 5.72. The van der Waals surface area contributed by atoms with Crippen molar-refractivity contribution in [2.75, 3.05) is 25.0 Å². The minimum Gasteiger partial charge on any atom is -0.371 e. The molecule has 0 saturated heterocycles. The molecule has 0 aliphatic carbocycles. The van der Waals surface area contributed by atoms with Crippen LogP contribution in [-0.4, -0.2) is 30.5 Å². The van der Waals surface area contributed by atoms with Gasteiger partial charge in [-0.3, -0.25) is 9.59 Å². The second-order valence-corrected chi connectivity index (χ2v) is 11.0. The predicted molar refractivity (Wildman–Crippen MR) is 157 cm³/mol. The highest BCUT2D eigenvalue weighted by Gasteiger charge is 2.13. The number of fused-ring (bicyclic) bond motifs is 1. The average molecular weight is 630 g/mol. The number of carbonyl (C=O) groups excluding carboxylic acids is 1. The van der Waals surface area contributed by atoms with E-state index in [-0.39, 0.29) is 17.4 Å². The maximum Gasteiger partial charge on any atom is 0.244 e. The quantitative estimate of drug-likeness (QED) is 0.120. The Kier molecular flexibility index (Phi) is 9.52. The van der Waals surface area contributed by atoms with Crippen LogP contribution in [0.15, 0.2) is 85.9 Å². The third kappa shape index (κ3) is 7.64. The van der Waals surface area contributed by atoms with Gasteiger partial charge in [-0.25, -0.2) is 0 Å². The summed E-state index contributed by atoms with van der Waals surface area (Å²) in [6, 6.07) is 19.0. The second kappa shape index (κ2) is 13.0. The van der Waals surface area contributed by atoms with Crippen LogP contribution in [0.3, 0.4) is 0 Å². The van der Waals surface area contributed by atoms with E-state index in [1.807, 2.05) is 66.1 Å². The molecule has 0 aliphatic heterocycles. The van der Waals surface area contributed by atoms with Crippen molar-refractivity contribution in [2.45, 2.75) is 12.5 Å². The van der Waals surface area contributed by atoms with Gasteiger partial charge in [0, 0.05) is 50.5 Å². The number of rotatable bonds is 11. The lowest BCUT2D eigenvalue weighted by Gasteiger charge is -2.20. The fraction of sp³-hybridized carbons (Fsp3) is 0.185. The molecule has 1 atom stereocenters. The molecule has 0 saturated carbocycles. The molecule has 36 heavy (non-hydrogen) atoms. The van der Waals surface area contributed by atoms with Crippen LogP contribution >= 0.6 is 43.2 Å². The molecule has 0 bridgehead atoms. The number of H-pyrrole nitrogens is 1. The highest BCUT2D eigenvalue weighted by Crippen LogP contribution is 2.24. The smallest absolute Gasteiger partial charge is 0.244 e. The molecule has 0 aliphatic rings. The van der Waals surface area contributed by atoms with Crippen molar-refractivity contribution in [3.63, 3.8) is 0 Å². The molecule has 186 valence electrons. The molecule has 0 spiro atoms. The van der Waals surface area contributed by atoms with Crippen LogP contribution in [-0.2, 0) is 4.79 Å². The summed E-state index contributed by atoms with van der Waals surface area (Å²) in [7, 11) is 0. The van der Waals surface area contributed by atoms with Crippen molar-refractivity contribution in [1.29, 1.82) is 0 Å². The van der Waals surface area contributed by atoms with Gasteiger partial charge in [0.1, 0.15) is 5.82 Å². The van der Waals surface area contributed by atoms with E-state index < -0.39 is 0 Å². The van der Waals surface area contributed by atoms with Crippen molar-refractivity contribution in [3.05, 3.63) is 102 Å². The summed E-state index contributed by atoms with van der Waals surface area (Å²) in [5.74, 6) is 0.571. The third-order valence-electron chi connectivity index (χ3n) is 5.51. The number of thiophene rings is 1. The van der Waals surface area contributed by atoms with Gasteiger partial charge in [-0.1, -0.05) is 50.1 Å². The van der Waals surface area contributed by atoms with Crippen molar-refractivity contribution in [2.24, 2.45) is 0 Å². The zero-order chi connectivity index (χ0) is 25.3. The number of hydrogen-bond acceptors (Lipinski definition) is 5. The summed E-state index contributed by atoms with van der Waals surface area (Å²) >= 11 is 8.70. The van der Waals surface area contributed by atoms with Crippen molar-refractivity contribution in [3.8, 4) is 0 Å². The van der Waals surface area contributed by atoms with E-state index in [1.54, 1.807) is 23.5 Å². The summed E-state index contributed by atoms with van der Waals surface area (Å²) < 4.78 is 1.93. The van der Waals surface area contributed by atoms with E-state index in [4.69, 9.17) is 0 Å². The zero-order valence-electron chi connectivity index (χ0n) is 19.4. The molecular formula is C27H26Br2N4O2S. The Labute approximate surface area is 230 Å². The van der Waals surface area contributed by atoms with Crippen LogP contribution in [0.25, 0.3) is 17.0 Å². The van der Waals surface area contributed by atoms with Crippen LogP contribution in [0.2, 0.25) is 0 Å². The van der Waals surface area contributed by atoms with Crippen molar-refractivity contribution in [1.82, 2.24) is 15.6 Å². The van der Waals surface area contributed by atoms with E-state index in [9.17, 15) is 9.59 Å². The molecule has 2 heterocycles. The van der Waals surface area contributed by atoms with E-state index in [2.05, 4.69) is 52.8 Å².